The van der Waals surface area contributed by atoms with Gasteiger partial charge in [-0.05, 0) is 37.5 Å². The molecule has 0 heterocycles. The zero-order chi connectivity index (χ0) is 70.7. The summed E-state index contributed by atoms with van der Waals surface area (Å²) in [7, 11) is -9.91. The van der Waals surface area contributed by atoms with E-state index in [0.29, 0.717) is 31.6 Å². The third kappa shape index (κ3) is 70.5. The maximum Gasteiger partial charge on any atom is 0.472 e. The molecule has 0 aromatic carbocycles. The van der Waals surface area contributed by atoms with Crippen molar-refractivity contribution in [2.24, 2.45) is 11.8 Å². The second-order valence-electron chi connectivity index (χ2n) is 28.7. The van der Waals surface area contributed by atoms with Crippen molar-refractivity contribution in [1.29, 1.82) is 0 Å². The molecular formula is C77H150O17P2. The van der Waals surface area contributed by atoms with Crippen molar-refractivity contribution in [3.63, 3.8) is 0 Å². The molecule has 0 bridgehead atoms. The van der Waals surface area contributed by atoms with Crippen LogP contribution in [0.15, 0.2) is 0 Å². The van der Waals surface area contributed by atoms with Crippen molar-refractivity contribution in [3.05, 3.63) is 0 Å². The van der Waals surface area contributed by atoms with Gasteiger partial charge in [0.15, 0.2) is 12.2 Å². The second-order valence-corrected chi connectivity index (χ2v) is 31.6. The number of phosphoric acid groups is 2. The quantitative estimate of drug-likeness (QED) is 0.0222. The fourth-order valence-electron chi connectivity index (χ4n) is 11.8. The number of carbonyl (C=O) groups is 4. The number of aliphatic hydroxyl groups is 1. The van der Waals surface area contributed by atoms with Gasteiger partial charge >= 0.3 is 39.5 Å². The van der Waals surface area contributed by atoms with Crippen molar-refractivity contribution in [2.45, 2.75) is 419 Å². The lowest BCUT2D eigenvalue weighted by Gasteiger charge is -2.21. The Morgan fingerprint density at radius 3 is 0.708 bits per heavy atom. The van der Waals surface area contributed by atoms with Gasteiger partial charge in [0.25, 0.3) is 0 Å². The van der Waals surface area contributed by atoms with E-state index in [0.717, 1.165) is 102 Å². The summed E-state index contributed by atoms with van der Waals surface area (Å²) >= 11 is 0. The second kappa shape index (κ2) is 68.8. The van der Waals surface area contributed by atoms with Crippen LogP contribution in [0.25, 0.3) is 0 Å². The fourth-order valence-corrected chi connectivity index (χ4v) is 13.4. The number of rotatable bonds is 76. The average molecular weight is 1410 g/mol. The minimum absolute atomic E-state index is 0.107. The van der Waals surface area contributed by atoms with Crippen LogP contribution in [0, 0.1) is 11.8 Å². The summed E-state index contributed by atoms with van der Waals surface area (Å²) in [6.07, 6.45) is 56.9. The van der Waals surface area contributed by atoms with Gasteiger partial charge in [-0.15, -0.1) is 0 Å². The van der Waals surface area contributed by atoms with Crippen LogP contribution < -0.4 is 0 Å². The van der Waals surface area contributed by atoms with Crippen LogP contribution in [0.4, 0.5) is 0 Å². The molecule has 0 amide bonds. The first-order valence-corrected chi connectivity index (χ1v) is 43.0. The van der Waals surface area contributed by atoms with E-state index in [-0.39, 0.29) is 25.7 Å². The van der Waals surface area contributed by atoms with E-state index in [9.17, 15) is 43.2 Å². The largest absolute Gasteiger partial charge is 0.472 e. The van der Waals surface area contributed by atoms with E-state index in [2.05, 4.69) is 41.5 Å². The van der Waals surface area contributed by atoms with E-state index >= 15 is 0 Å². The molecule has 0 saturated carbocycles. The molecule has 0 spiro atoms. The van der Waals surface area contributed by atoms with Gasteiger partial charge in [-0.3, -0.25) is 37.3 Å². The first-order valence-electron chi connectivity index (χ1n) is 40.0. The monoisotopic (exact) mass is 1410 g/mol. The third-order valence-corrected chi connectivity index (χ3v) is 19.9. The molecule has 3 N–H and O–H groups in total. The Hall–Kier alpha value is -1.94. The molecule has 0 aromatic heterocycles. The molecule has 0 aromatic rings. The molecule has 0 radical (unpaired) electrons. The normalized spacial score (nSPS) is 14.0. The third-order valence-electron chi connectivity index (χ3n) is 18.0. The van der Waals surface area contributed by atoms with Crippen LogP contribution in [-0.4, -0.2) is 96.7 Å². The van der Waals surface area contributed by atoms with Crippen LogP contribution in [0.1, 0.15) is 401 Å². The Morgan fingerprint density at radius 1 is 0.281 bits per heavy atom. The summed E-state index contributed by atoms with van der Waals surface area (Å²) in [5.74, 6) is -0.637. The number of phosphoric ester groups is 2. The number of esters is 4. The molecular weight excluding hydrogens is 1260 g/mol. The van der Waals surface area contributed by atoms with E-state index in [1.807, 2.05) is 0 Å². The maximum absolute atomic E-state index is 13.1. The molecule has 17 nitrogen and oxygen atoms in total. The van der Waals surface area contributed by atoms with Gasteiger partial charge in [0, 0.05) is 25.7 Å². The number of hydrogen-bond acceptors (Lipinski definition) is 15. The van der Waals surface area contributed by atoms with Crippen LogP contribution in [-0.2, 0) is 65.4 Å². The van der Waals surface area contributed by atoms with E-state index in [1.165, 1.54) is 212 Å². The predicted octanol–water partition coefficient (Wildman–Crippen LogP) is 22.7. The van der Waals surface area contributed by atoms with Crippen molar-refractivity contribution in [3.8, 4) is 0 Å². The first kappa shape index (κ1) is 94.1. The molecule has 0 aliphatic rings. The Balaban J connectivity index is 5.24. The van der Waals surface area contributed by atoms with Gasteiger partial charge in [0.05, 0.1) is 26.4 Å². The summed E-state index contributed by atoms with van der Waals surface area (Å²) in [5.41, 5.74) is 0. The smallest absolute Gasteiger partial charge is 0.462 e. The Bertz CT molecular complexity index is 1860. The first-order chi connectivity index (χ1) is 46.4. The number of carbonyl (C=O) groups excluding carboxylic acids is 4. The Kier molecular flexibility index (Phi) is 67.4. The summed E-state index contributed by atoms with van der Waals surface area (Å²) < 4.78 is 68.6. The fraction of sp³-hybridized carbons (Fsp3) is 0.948. The summed E-state index contributed by atoms with van der Waals surface area (Å²) in [6, 6.07) is 0. The van der Waals surface area contributed by atoms with Gasteiger partial charge in [-0.2, -0.15) is 0 Å². The maximum atomic E-state index is 13.1. The minimum Gasteiger partial charge on any atom is -0.462 e. The molecule has 0 rings (SSSR count). The van der Waals surface area contributed by atoms with Gasteiger partial charge < -0.3 is 33.8 Å². The zero-order valence-corrected chi connectivity index (χ0v) is 64.5. The summed E-state index contributed by atoms with van der Waals surface area (Å²) in [6.45, 7) is 9.56. The zero-order valence-electron chi connectivity index (χ0n) is 62.7. The SMILES string of the molecule is CCCCCCCCCCCCCCCCCCCCC(=O)O[C@H](COC(=O)CCCCCCCCCCCCCC(C)C)COP(=O)(O)OC[C@@H](O)COP(=O)(O)OC[C@@H](COC(=O)CCCCCCCCCC(C)C)OC(=O)CCCCCCCCCCCCCCCC. The van der Waals surface area contributed by atoms with Gasteiger partial charge in [-0.25, -0.2) is 9.13 Å². The summed E-state index contributed by atoms with van der Waals surface area (Å²) in [4.78, 5) is 72.9. The Morgan fingerprint density at radius 2 is 0.479 bits per heavy atom. The van der Waals surface area contributed by atoms with E-state index in [1.54, 1.807) is 0 Å². The van der Waals surface area contributed by atoms with Crippen molar-refractivity contribution in [2.75, 3.05) is 39.6 Å². The highest BCUT2D eigenvalue weighted by Crippen LogP contribution is 2.45. The van der Waals surface area contributed by atoms with E-state index in [4.69, 9.17) is 37.0 Å². The molecule has 5 atom stereocenters. The molecule has 0 aliphatic heterocycles. The summed E-state index contributed by atoms with van der Waals surface area (Å²) in [5, 5.41) is 10.6. The lowest BCUT2D eigenvalue weighted by atomic mass is 10.0. The number of aliphatic hydroxyl groups excluding tert-OH is 1. The predicted molar refractivity (Wildman–Crippen MR) is 391 cm³/mol. The van der Waals surface area contributed by atoms with Gasteiger partial charge in [0.2, 0.25) is 0 Å². The van der Waals surface area contributed by atoms with Crippen molar-refractivity contribution >= 4 is 39.5 Å². The van der Waals surface area contributed by atoms with E-state index < -0.39 is 97.5 Å². The molecule has 96 heavy (non-hydrogen) atoms. The molecule has 570 valence electrons. The lowest BCUT2D eigenvalue weighted by molar-refractivity contribution is -0.161. The standard InChI is InChI=1S/C77H150O17P2/c1-7-9-11-13-15-17-19-21-23-24-25-26-28-32-37-43-50-56-62-76(81)93-72(65-87-74(79)59-53-47-41-35-33-29-30-34-39-45-51-57-69(3)4)67-91-95(83,84)89-63-71(78)64-90-96(85,86)92-68-73(66-88-75(80)60-54-48-44-38-40-46-52-58-70(5)6)94-77(82)61-55-49-42-36-31-27-22-20-18-16-14-12-10-8-2/h69-73,78H,7-68H2,1-6H3,(H,83,84)(H,85,86)/t71-,72-,73-/m1/s1. The Labute approximate surface area is 588 Å². The molecule has 0 saturated heterocycles. The van der Waals surface area contributed by atoms with Crippen LogP contribution in [0.5, 0.6) is 0 Å². The molecule has 2 unspecified atom stereocenters. The number of ether oxygens (including phenoxy) is 4. The lowest BCUT2D eigenvalue weighted by Crippen LogP contribution is -2.30. The molecule has 19 heteroatoms. The number of hydrogen-bond donors (Lipinski definition) is 3. The topological polar surface area (TPSA) is 237 Å². The molecule has 0 fully saturated rings. The van der Waals surface area contributed by atoms with Gasteiger partial charge in [0.1, 0.15) is 19.3 Å². The van der Waals surface area contributed by atoms with Crippen molar-refractivity contribution < 1.29 is 80.2 Å². The number of unbranched alkanes of at least 4 members (excludes halogenated alkanes) is 46. The average Bonchev–Trinajstić information content (AvgIpc) is 3.31. The highest BCUT2D eigenvalue weighted by atomic mass is 31.2. The molecule has 0 aliphatic carbocycles. The highest BCUT2D eigenvalue weighted by Gasteiger charge is 2.30. The van der Waals surface area contributed by atoms with Crippen molar-refractivity contribution in [1.82, 2.24) is 0 Å². The van der Waals surface area contributed by atoms with Crippen LogP contribution in [0.2, 0.25) is 0 Å². The minimum atomic E-state index is -4.96. The van der Waals surface area contributed by atoms with Crippen LogP contribution >= 0.6 is 15.6 Å². The van der Waals surface area contributed by atoms with Crippen LogP contribution in [0.3, 0.4) is 0 Å². The van der Waals surface area contributed by atoms with Gasteiger partial charge in [-0.1, -0.05) is 350 Å². The highest BCUT2D eigenvalue weighted by molar-refractivity contribution is 7.47.